The van der Waals surface area contributed by atoms with E-state index < -0.39 is 5.54 Å². The summed E-state index contributed by atoms with van der Waals surface area (Å²) >= 11 is 1.34. The molecule has 3 N–H and O–H groups in total. The number of aliphatic hydroxyl groups is 1. The largest absolute Gasteiger partial charge is 0.394 e. The van der Waals surface area contributed by atoms with Crippen LogP contribution in [-0.2, 0) is 0 Å². The summed E-state index contributed by atoms with van der Waals surface area (Å²) in [5, 5.41) is 16.4. The molecule has 0 fully saturated rings. The minimum atomic E-state index is -0.624. The highest BCUT2D eigenvalue weighted by Crippen LogP contribution is 2.10. The van der Waals surface area contributed by atoms with Gasteiger partial charge in [0, 0.05) is 11.6 Å². The zero-order valence-electron chi connectivity index (χ0n) is 8.07. The second-order valence-electron chi connectivity index (χ2n) is 3.46. The number of carbonyl (C=O) groups is 1. The number of aromatic nitrogens is 1. The molecule has 0 aliphatic rings. The Morgan fingerprint density at radius 1 is 1.71 bits per heavy atom. The van der Waals surface area contributed by atoms with Crippen LogP contribution in [0.25, 0.3) is 0 Å². The Morgan fingerprint density at radius 3 is 2.93 bits per heavy atom. The first kappa shape index (κ1) is 10.9. The molecule has 0 saturated carbocycles. The Labute approximate surface area is 86.2 Å². The molecule has 0 aliphatic carbocycles. The van der Waals surface area contributed by atoms with E-state index >= 15 is 0 Å². The van der Waals surface area contributed by atoms with E-state index in [2.05, 4.69) is 15.6 Å². The Bertz CT molecular complexity index is 298. The summed E-state index contributed by atoms with van der Waals surface area (Å²) in [6.07, 6.45) is 1.61. The van der Waals surface area contributed by atoms with E-state index in [4.69, 9.17) is 5.11 Å². The van der Waals surface area contributed by atoms with Gasteiger partial charge in [0.2, 0.25) is 0 Å². The summed E-state index contributed by atoms with van der Waals surface area (Å²) in [7, 11) is 0. The number of urea groups is 1. The molecule has 0 unspecified atom stereocenters. The van der Waals surface area contributed by atoms with Crippen molar-refractivity contribution < 1.29 is 9.90 Å². The van der Waals surface area contributed by atoms with Crippen LogP contribution in [0.15, 0.2) is 11.6 Å². The summed E-state index contributed by atoms with van der Waals surface area (Å²) in [5.41, 5.74) is -0.624. The first-order valence-electron chi connectivity index (χ1n) is 4.13. The lowest BCUT2D eigenvalue weighted by Crippen LogP contribution is -2.48. The van der Waals surface area contributed by atoms with Crippen LogP contribution < -0.4 is 10.6 Å². The van der Waals surface area contributed by atoms with Crippen LogP contribution in [0.4, 0.5) is 9.93 Å². The maximum atomic E-state index is 11.3. The number of rotatable bonds is 3. The number of hydrogen-bond donors (Lipinski definition) is 3. The van der Waals surface area contributed by atoms with Crippen molar-refractivity contribution in [2.45, 2.75) is 19.4 Å². The van der Waals surface area contributed by atoms with Crippen molar-refractivity contribution in [3.8, 4) is 0 Å². The predicted octanol–water partition coefficient (Wildman–Crippen LogP) is 1.04. The lowest BCUT2D eigenvalue weighted by Gasteiger charge is -2.22. The van der Waals surface area contributed by atoms with Crippen LogP contribution >= 0.6 is 11.3 Å². The number of carbonyl (C=O) groups excluding carboxylic acids is 1. The third-order valence-corrected chi connectivity index (χ3v) is 2.19. The van der Waals surface area contributed by atoms with Crippen molar-refractivity contribution in [3.63, 3.8) is 0 Å². The Balaban J connectivity index is 2.44. The SMILES string of the molecule is CC(C)(CO)NC(=O)Nc1nccs1. The molecule has 1 heterocycles. The molecule has 1 rings (SSSR count). The number of aliphatic hydroxyl groups excluding tert-OH is 1. The van der Waals surface area contributed by atoms with Crippen molar-refractivity contribution in [1.29, 1.82) is 0 Å². The second kappa shape index (κ2) is 4.39. The van der Waals surface area contributed by atoms with Crippen LogP contribution in [0.1, 0.15) is 13.8 Å². The van der Waals surface area contributed by atoms with Gasteiger partial charge in [-0.15, -0.1) is 11.3 Å². The van der Waals surface area contributed by atoms with Crippen molar-refractivity contribution in [2.75, 3.05) is 11.9 Å². The topological polar surface area (TPSA) is 74.2 Å². The van der Waals surface area contributed by atoms with Gasteiger partial charge in [0.05, 0.1) is 12.1 Å². The van der Waals surface area contributed by atoms with Crippen molar-refractivity contribution in [3.05, 3.63) is 11.6 Å². The fourth-order valence-electron chi connectivity index (χ4n) is 0.760. The van der Waals surface area contributed by atoms with E-state index in [1.54, 1.807) is 25.4 Å². The van der Waals surface area contributed by atoms with Crippen LogP contribution in [0.5, 0.6) is 0 Å². The normalized spacial score (nSPS) is 11.1. The van der Waals surface area contributed by atoms with Crippen LogP contribution in [0.3, 0.4) is 0 Å². The molecule has 2 amide bonds. The summed E-state index contributed by atoms with van der Waals surface area (Å²) in [6, 6.07) is -0.362. The molecular formula is C8H13N3O2S. The maximum Gasteiger partial charge on any atom is 0.321 e. The minimum Gasteiger partial charge on any atom is -0.394 e. The highest BCUT2D eigenvalue weighted by atomic mass is 32.1. The van der Waals surface area contributed by atoms with Crippen molar-refractivity contribution >= 4 is 22.5 Å². The number of nitrogens with zero attached hydrogens (tertiary/aromatic N) is 1. The molecule has 0 bridgehead atoms. The quantitative estimate of drug-likeness (QED) is 0.705. The third kappa shape index (κ3) is 3.31. The maximum absolute atomic E-state index is 11.3. The van der Waals surface area contributed by atoms with Gasteiger partial charge in [0.1, 0.15) is 0 Å². The predicted molar refractivity (Wildman–Crippen MR) is 55.4 cm³/mol. The van der Waals surface area contributed by atoms with E-state index in [9.17, 15) is 4.79 Å². The molecule has 1 aromatic heterocycles. The monoisotopic (exact) mass is 215 g/mol. The summed E-state index contributed by atoms with van der Waals surface area (Å²) in [5.74, 6) is 0. The van der Waals surface area contributed by atoms with Crippen molar-refractivity contribution in [2.24, 2.45) is 0 Å². The molecule has 1 aromatic rings. The second-order valence-corrected chi connectivity index (χ2v) is 4.35. The molecule has 0 spiro atoms. The smallest absolute Gasteiger partial charge is 0.321 e. The number of thiazole rings is 1. The van der Waals surface area contributed by atoms with Gasteiger partial charge >= 0.3 is 6.03 Å². The van der Waals surface area contributed by atoms with Crippen molar-refractivity contribution in [1.82, 2.24) is 10.3 Å². The van der Waals surface area contributed by atoms with Gasteiger partial charge in [-0.1, -0.05) is 0 Å². The standard InChI is InChI=1S/C8H13N3O2S/c1-8(2,5-12)11-6(13)10-7-9-3-4-14-7/h3-4,12H,5H2,1-2H3,(H2,9,10,11,13). The molecular weight excluding hydrogens is 202 g/mol. The van der Waals surface area contributed by atoms with Gasteiger partial charge in [-0.3, -0.25) is 5.32 Å². The van der Waals surface area contributed by atoms with Crippen LogP contribution in [-0.4, -0.2) is 28.3 Å². The van der Waals surface area contributed by atoms with Crippen LogP contribution in [0.2, 0.25) is 0 Å². The fourth-order valence-corrected chi connectivity index (χ4v) is 1.28. The Kier molecular flexibility index (Phi) is 3.43. The minimum absolute atomic E-state index is 0.113. The Hall–Kier alpha value is -1.14. The van der Waals surface area contributed by atoms with E-state index in [0.29, 0.717) is 5.13 Å². The summed E-state index contributed by atoms with van der Waals surface area (Å²) in [6.45, 7) is 3.35. The zero-order chi connectivity index (χ0) is 10.6. The third-order valence-electron chi connectivity index (χ3n) is 1.50. The lowest BCUT2D eigenvalue weighted by atomic mass is 10.1. The van der Waals surface area contributed by atoms with Gasteiger partial charge in [-0.2, -0.15) is 0 Å². The summed E-state index contributed by atoms with van der Waals surface area (Å²) < 4.78 is 0. The molecule has 78 valence electrons. The van der Waals surface area contributed by atoms with E-state index in [0.717, 1.165) is 0 Å². The first-order valence-corrected chi connectivity index (χ1v) is 5.01. The average Bonchev–Trinajstić information content (AvgIpc) is 2.55. The Morgan fingerprint density at radius 2 is 2.43 bits per heavy atom. The van der Waals surface area contributed by atoms with E-state index in [1.807, 2.05) is 0 Å². The number of nitrogens with one attached hydrogen (secondary N) is 2. The van der Waals surface area contributed by atoms with Gasteiger partial charge in [-0.05, 0) is 13.8 Å². The highest BCUT2D eigenvalue weighted by Gasteiger charge is 2.19. The molecule has 6 heteroatoms. The van der Waals surface area contributed by atoms with E-state index in [1.165, 1.54) is 11.3 Å². The lowest BCUT2D eigenvalue weighted by molar-refractivity contribution is 0.187. The van der Waals surface area contributed by atoms with Gasteiger partial charge < -0.3 is 10.4 Å². The van der Waals surface area contributed by atoms with Gasteiger partial charge in [-0.25, -0.2) is 9.78 Å². The number of amides is 2. The average molecular weight is 215 g/mol. The summed E-state index contributed by atoms with van der Waals surface area (Å²) in [4.78, 5) is 15.2. The zero-order valence-corrected chi connectivity index (χ0v) is 8.89. The molecule has 0 aromatic carbocycles. The highest BCUT2D eigenvalue weighted by molar-refractivity contribution is 7.13. The molecule has 0 atom stereocenters. The number of anilines is 1. The molecule has 0 saturated heterocycles. The van der Waals surface area contributed by atoms with Gasteiger partial charge in [0.15, 0.2) is 5.13 Å². The first-order chi connectivity index (χ1) is 6.53. The van der Waals surface area contributed by atoms with Gasteiger partial charge in [0.25, 0.3) is 0 Å². The van der Waals surface area contributed by atoms with E-state index in [-0.39, 0.29) is 12.6 Å². The molecule has 5 nitrogen and oxygen atoms in total. The fraction of sp³-hybridized carbons (Fsp3) is 0.500. The number of hydrogen-bond acceptors (Lipinski definition) is 4. The van der Waals surface area contributed by atoms with Crippen LogP contribution in [0, 0.1) is 0 Å². The molecule has 0 aliphatic heterocycles. The molecule has 14 heavy (non-hydrogen) atoms. The molecule has 0 radical (unpaired) electrons.